The molecule has 0 aromatic carbocycles. The number of aliphatic imine (C=N–C) groups is 1. The van der Waals surface area contributed by atoms with Crippen LogP contribution < -0.4 is 15.7 Å². The number of aliphatic hydroxyl groups is 1. The molecular weight excluding hydrogens is 308 g/mol. The molecule has 0 saturated heterocycles. The van der Waals surface area contributed by atoms with E-state index in [0.29, 0.717) is 22.6 Å². The number of hydrogen-bond donors (Lipinski definition) is 2. The third kappa shape index (κ3) is 4.21. The van der Waals surface area contributed by atoms with E-state index in [-0.39, 0.29) is 5.56 Å². The van der Waals surface area contributed by atoms with Crippen molar-refractivity contribution in [2.75, 3.05) is 20.2 Å². The lowest BCUT2D eigenvalue weighted by atomic mass is 10.1. The normalized spacial score (nSPS) is 19.0. The molecule has 0 amide bonds. The average Bonchev–Trinajstić information content (AvgIpc) is 2.90. The summed E-state index contributed by atoms with van der Waals surface area (Å²) < 4.78 is 1.75. The summed E-state index contributed by atoms with van der Waals surface area (Å²) >= 11 is 0. The summed E-state index contributed by atoms with van der Waals surface area (Å²) in [4.78, 5) is 30.5. The van der Waals surface area contributed by atoms with Crippen LogP contribution >= 0.6 is 0 Å². The number of unbranched alkanes of at least 4 members (excludes halogenated alkanes) is 7. The first-order valence-electron chi connectivity index (χ1n) is 8.85. The molecule has 0 spiro atoms. The van der Waals surface area contributed by atoms with Crippen LogP contribution in [0.5, 0.6) is 0 Å². The zero-order chi connectivity index (χ0) is 17.6. The molecule has 7 heteroatoms. The Labute approximate surface area is 142 Å². The summed E-state index contributed by atoms with van der Waals surface area (Å²) in [6.07, 6.45) is 10.7. The zero-order valence-corrected chi connectivity index (χ0v) is 14.8. The van der Waals surface area contributed by atoms with E-state index in [4.69, 9.17) is 5.11 Å². The Morgan fingerprint density at radius 2 is 1.67 bits per heavy atom. The Kier molecular flexibility index (Phi) is 6.51. The Bertz CT molecular complexity index is 692. The molecule has 1 aliphatic heterocycles. The number of aromatic amines is 1. The van der Waals surface area contributed by atoms with Gasteiger partial charge in [0.05, 0.1) is 13.6 Å². The third-order valence-electron chi connectivity index (χ3n) is 4.75. The van der Waals surface area contributed by atoms with Crippen LogP contribution in [0.2, 0.25) is 0 Å². The van der Waals surface area contributed by atoms with E-state index in [9.17, 15) is 9.59 Å². The van der Waals surface area contributed by atoms with Gasteiger partial charge in [-0.15, -0.1) is 0 Å². The van der Waals surface area contributed by atoms with Gasteiger partial charge in [0.15, 0.2) is 6.34 Å². The fraction of sp³-hybridized carbons (Fsp3) is 0.706. The van der Waals surface area contributed by atoms with Crippen molar-refractivity contribution in [1.82, 2.24) is 14.0 Å². The molecule has 0 fully saturated rings. The highest BCUT2D eigenvalue weighted by atomic mass is 16.3. The lowest BCUT2D eigenvalue weighted by Crippen LogP contribution is -2.47. The van der Waals surface area contributed by atoms with Crippen LogP contribution in [0, 0.1) is 0 Å². The molecule has 0 aliphatic carbocycles. The number of aromatic nitrogens is 2. The van der Waals surface area contributed by atoms with Crippen LogP contribution in [0.3, 0.4) is 0 Å². The Hall–Kier alpha value is -1.73. The van der Waals surface area contributed by atoms with Crippen LogP contribution in [-0.2, 0) is 7.05 Å². The molecule has 0 radical (unpaired) electrons. The predicted octanol–water partition coefficient (Wildman–Crippen LogP) is 1.80. The molecule has 1 unspecified atom stereocenters. The molecule has 1 aromatic rings. The molecule has 2 N–H and O–H groups in total. The molecule has 24 heavy (non-hydrogen) atoms. The van der Waals surface area contributed by atoms with Gasteiger partial charge in [-0.05, 0) is 19.3 Å². The van der Waals surface area contributed by atoms with E-state index in [1.807, 2.05) is 7.05 Å². The van der Waals surface area contributed by atoms with Crippen molar-refractivity contribution >= 4 is 17.8 Å². The summed E-state index contributed by atoms with van der Waals surface area (Å²) in [5.41, 5.74) is -0.205. The smallest absolute Gasteiger partial charge is 0.330 e. The molecule has 1 atom stereocenters. The number of aliphatic hydroxyl groups excluding tert-OH is 1. The van der Waals surface area contributed by atoms with Crippen LogP contribution in [0.15, 0.2) is 14.6 Å². The SMILES string of the molecule is Cn1c2c(c(=O)[nH]c1=O)[N+](C)(CCCCCCCCCCO)C=N2. The van der Waals surface area contributed by atoms with E-state index < -0.39 is 5.69 Å². The first-order valence-corrected chi connectivity index (χ1v) is 8.85. The number of nitrogens with one attached hydrogen (secondary N) is 1. The number of rotatable bonds is 10. The first-order chi connectivity index (χ1) is 11.5. The highest BCUT2D eigenvalue weighted by Gasteiger charge is 2.36. The monoisotopic (exact) mass is 337 g/mol. The van der Waals surface area contributed by atoms with E-state index in [1.54, 1.807) is 13.4 Å². The number of quaternary nitrogens is 1. The summed E-state index contributed by atoms with van der Waals surface area (Å²) in [5.74, 6) is 0.468. The van der Waals surface area contributed by atoms with Crippen LogP contribution in [0.4, 0.5) is 11.5 Å². The van der Waals surface area contributed by atoms with Gasteiger partial charge in [-0.2, -0.15) is 4.99 Å². The van der Waals surface area contributed by atoms with Crippen molar-refractivity contribution in [2.45, 2.75) is 51.4 Å². The molecular formula is C17H29N4O3+. The standard InChI is InChI=1S/C17H28N4O3/c1-20-15-14(16(23)19-17(20)24)21(2,13-18-15)11-9-7-5-3-4-6-8-10-12-22/h13,22H,3-12H2,1-2H3/p+1. The lowest BCUT2D eigenvalue weighted by molar-refractivity contribution is 0.282. The summed E-state index contributed by atoms with van der Waals surface area (Å²) in [7, 11) is 3.59. The van der Waals surface area contributed by atoms with Crippen molar-refractivity contribution in [3.05, 3.63) is 20.8 Å². The van der Waals surface area contributed by atoms with Crippen molar-refractivity contribution < 1.29 is 5.11 Å². The van der Waals surface area contributed by atoms with Gasteiger partial charge in [-0.25, -0.2) is 9.28 Å². The van der Waals surface area contributed by atoms with Crippen molar-refractivity contribution in [3.8, 4) is 0 Å². The van der Waals surface area contributed by atoms with Gasteiger partial charge < -0.3 is 5.11 Å². The molecule has 2 heterocycles. The Morgan fingerprint density at radius 1 is 1.08 bits per heavy atom. The fourth-order valence-corrected chi connectivity index (χ4v) is 3.23. The number of nitrogens with zero attached hydrogens (tertiary/aromatic N) is 3. The largest absolute Gasteiger partial charge is 0.396 e. The van der Waals surface area contributed by atoms with Gasteiger partial charge >= 0.3 is 11.2 Å². The molecule has 7 nitrogen and oxygen atoms in total. The zero-order valence-electron chi connectivity index (χ0n) is 14.8. The summed E-state index contributed by atoms with van der Waals surface area (Å²) in [6, 6.07) is 0. The minimum absolute atomic E-state index is 0.296. The quantitative estimate of drug-likeness (QED) is 0.504. The van der Waals surface area contributed by atoms with Crippen LogP contribution in [0.1, 0.15) is 51.4 Å². The van der Waals surface area contributed by atoms with E-state index in [0.717, 1.165) is 32.2 Å². The topological polar surface area (TPSA) is 87.5 Å². The Morgan fingerprint density at radius 3 is 2.29 bits per heavy atom. The van der Waals surface area contributed by atoms with Gasteiger partial charge in [0.2, 0.25) is 11.5 Å². The molecule has 1 aliphatic rings. The van der Waals surface area contributed by atoms with Gasteiger partial charge in [0.25, 0.3) is 0 Å². The van der Waals surface area contributed by atoms with Gasteiger partial charge in [-0.3, -0.25) is 14.3 Å². The van der Waals surface area contributed by atoms with E-state index in [1.165, 1.54) is 30.3 Å². The van der Waals surface area contributed by atoms with Gasteiger partial charge in [0.1, 0.15) is 0 Å². The van der Waals surface area contributed by atoms with E-state index in [2.05, 4.69) is 9.98 Å². The summed E-state index contributed by atoms with van der Waals surface area (Å²) in [5, 5.41) is 8.73. The summed E-state index contributed by atoms with van der Waals surface area (Å²) in [6.45, 7) is 1.10. The minimum Gasteiger partial charge on any atom is -0.396 e. The third-order valence-corrected chi connectivity index (χ3v) is 4.75. The second-order valence-electron chi connectivity index (χ2n) is 6.78. The molecule has 0 saturated carbocycles. The predicted molar refractivity (Wildman–Crippen MR) is 97.1 cm³/mol. The second kappa shape index (κ2) is 8.39. The van der Waals surface area contributed by atoms with Crippen molar-refractivity contribution in [3.63, 3.8) is 0 Å². The maximum atomic E-state index is 12.2. The van der Waals surface area contributed by atoms with Crippen molar-refractivity contribution in [1.29, 1.82) is 0 Å². The number of hydrogen-bond acceptors (Lipinski definition) is 4. The highest BCUT2D eigenvalue weighted by molar-refractivity contribution is 5.86. The lowest BCUT2D eigenvalue weighted by Gasteiger charge is -2.24. The first kappa shape index (κ1) is 18.6. The van der Waals surface area contributed by atoms with Gasteiger partial charge in [-0.1, -0.05) is 32.1 Å². The van der Waals surface area contributed by atoms with E-state index >= 15 is 0 Å². The number of fused-ring (bicyclic) bond motifs is 1. The maximum absolute atomic E-state index is 12.2. The van der Waals surface area contributed by atoms with Crippen LogP contribution in [0.25, 0.3) is 0 Å². The van der Waals surface area contributed by atoms with Crippen LogP contribution in [-0.4, -0.2) is 41.2 Å². The minimum atomic E-state index is -0.425. The molecule has 2 rings (SSSR count). The number of H-pyrrole nitrogens is 1. The van der Waals surface area contributed by atoms with Gasteiger partial charge in [0, 0.05) is 13.7 Å². The average molecular weight is 337 g/mol. The van der Waals surface area contributed by atoms with Crippen molar-refractivity contribution in [2.24, 2.45) is 12.0 Å². The molecule has 134 valence electrons. The highest BCUT2D eigenvalue weighted by Crippen LogP contribution is 2.31. The second-order valence-corrected chi connectivity index (χ2v) is 6.78. The fourth-order valence-electron chi connectivity index (χ4n) is 3.23. The molecule has 1 aromatic heterocycles. The maximum Gasteiger partial charge on any atom is 0.330 e. The Balaban J connectivity index is 1.81. The molecule has 0 bridgehead atoms.